The van der Waals surface area contributed by atoms with Gasteiger partial charge in [0.2, 0.25) is 0 Å². The summed E-state index contributed by atoms with van der Waals surface area (Å²) in [5, 5.41) is 7.23. The van der Waals surface area contributed by atoms with Gasteiger partial charge < -0.3 is 15.5 Å². The van der Waals surface area contributed by atoms with Crippen molar-refractivity contribution in [2.75, 3.05) is 37.8 Å². The van der Waals surface area contributed by atoms with Gasteiger partial charge in [0.05, 0.1) is 0 Å². The van der Waals surface area contributed by atoms with Crippen LogP contribution in [-0.2, 0) is 0 Å². The zero-order valence-electron chi connectivity index (χ0n) is 12.3. The lowest BCUT2D eigenvalue weighted by molar-refractivity contribution is 0.405. The molecule has 6 heteroatoms. The molecule has 5 nitrogen and oxygen atoms in total. The molecular weight excluding hydrogens is 286 g/mol. The first-order valence-electron chi connectivity index (χ1n) is 6.87. The van der Waals surface area contributed by atoms with Crippen LogP contribution in [0.1, 0.15) is 6.42 Å². The second kappa shape index (κ2) is 7.81. The Kier molecular flexibility index (Phi) is 5.78. The molecule has 1 heterocycles. The lowest BCUT2D eigenvalue weighted by Crippen LogP contribution is -2.16. The Bertz CT molecular complexity index is 556. The van der Waals surface area contributed by atoms with Crippen LogP contribution in [0.5, 0.6) is 0 Å². The van der Waals surface area contributed by atoms with Crippen molar-refractivity contribution >= 4 is 28.9 Å². The highest BCUT2D eigenvalue weighted by Crippen LogP contribution is 2.18. The van der Waals surface area contributed by atoms with Gasteiger partial charge in [-0.3, -0.25) is 0 Å². The fourth-order valence-corrected chi connectivity index (χ4v) is 1.94. The van der Waals surface area contributed by atoms with E-state index in [2.05, 4.69) is 39.6 Å². The van der Waals surface area contributed by atoms with Gasteiger partial charge in [-0.25, -0.2) is 9.97 Å². The molecular formula is C15H20ClN5. The molecule has 0 fully saturated rings. The molecule has 0 aliphatic heterocycles. The zero-order chi connectivity index (χ0) is 15.1. The fraction of sp³-hybridized carbons (Fsp3) is 0.333. The number of hydrogen-bond acceptors (Lipinski definition) is 5. The highest BCUT2D eigenvalue weighted by Gasteiger charge is 2.00. The van der Waals surface area contributed by atoms with Crippen LogP contribution in [-0.4, -0.2) is 42.1 Å². The Balaban J connectivity index is 1.89. The molecule has 0 saturated heterocycles. The third-order valence-electron chi connectivity index (χ3n) is 2.87. The van der Waals surface area contributed by atoms with E-state index < -0.39 is 0 Å². The molecule has 1 aromatic heterocycles. The summed E-state index contributed by atoms with van der Waals surface area (Å²) in [5.41, 5.74) is 0.941. The van der Waals surface area contributed by atoms with Crippen LogP contribution < -0.4 is 10.6 Å². The van der Waals surface area contributed by atoms with Crippen molar-refractivity contribution in [2.45, 2.75) is 6.42 Å². The summed E-state index contributed by atoms with van der Waals surface area (Å²) in [7, 11) is 4.14. The third kappa shape index (κ3) is 5.57. The smallest absolute Gasteiger partial charge is 0.135 e. The number of rotatable bonds is 7. The normalized spacial score (nSPS) is 10.7. The number of aromatic nitrogens is 2. The van der Waals surface area contributed by atoms with Gasteiger partial charge in [0.25, 0.3) is 0 Å². The van der Waals surface area contributed by atoms with Crippen LogP contribution in [0.4, 0.5) is 17.3 Å². The highest BCUT2D eigenvalue weighted by atomic mass is 35.5. The number of anilines is 3. The van der Waals surface area contributed by atoms with Crippen molar-refractivity contribution in [3.05, 3.63) is 41.7 Å². The molecule has 0 aliphatic rings. The Morgan fingerprint density at radius 2 is 1.81 bits per heavy atom. The van der Waals surface area contributed by atoms with Gasteiger partial charge in [-0.1, -0.05) is 11.6 Å². The predicted molar refractivity (Wildman–Crippen MR) is 88.4 cm³/mol. The molecule has 21 heavy (non-hydrogen) atoms. The van der Waals surface area contributed by atoms with Gasteiger partial charge >= 0.3 is 0 Å². The second-order valence-corrected chi connectivity index (χ2v) is 5.44. The van der Waals surface area contributed by atoms with E-state index in [1.54, 1.807) is 6.33 Å². The standard InChI is InChI=1S/C15H20ClN5/c1-21(2)9-3-8-17-14-10-15(19-11-18-14)20-13-6-4-12(16)5-7-13/h4-7,10-11H,3,8-9H2,1-2H3,(H2,17,18,19,20). The number of benzene rings is 1. The van der Waals surface area contributed by atoms with Gasteiger partial charge in [-0.15, -0.1) is 0 Å². The number of nitrogens with one attached hydrogen (secondary N) is 2. The van der Waals surface area contributed by atoms with Crippen molar-refractivity contribution in [2.24, 2.45) is 0 Å². The van der Waals surface area contributed by atoms with E-state index in [0.717, 1.165) is 36.8 Å². The molecule has 0 amide bonds. The molecule has 112 valence electrons. The number of halogens is 1. The zero-order valence-corrected chi connectivity index (χ0v) is 13.1. The molecule has 0 atom stereocenters. The van der Waals surface area contributed by atoms with E-state index in [1.165, 1.54) is 0 Å². The molecule has 2 aromatic rings. The van der Waals surface area contributed by atoms with Crippen LogP contribution in [0.15, 0.2) is 36.7 Å². The molecule has 2 N–H and O–H groups in total. The second-order valence-electron chi connectivity index (χ2n) is 5.00. The minimum absolute atomic E-state index is 0.714. The first-order chi connectivity index (χ1) is 10.1. The van der Waals surface area contributed by atoms with Crippen molar-refractivity contribution in [3.63, 3.8) is 0 Å². The fourth-order valence-electron chi connectivity index (χ4n) is 1.82. The highest BCUT2D eigenvalue weighted by molar-refractivity contribution is 6.30. The average molecular weight is 306 g/mol. The van der Waals surface area contributed by atoms with E-state index in [0.29, 0.717) is 5.02 Å². The van der Waals surface area contributed by atoms with Crippen LogP contribution in [0, 0.1) is 0 Å². The molecule has 1 aromatic carbocycles. The minimum atomic E-state index is 0.714. The summed E-state index contributed by atoms with van der Waals surface area (Å²) in [4.78, 5) is 10.6. The maximum Gasteiger partial charge on any atom is 0.135 e. The number of nitrogens with zero attached hydrogens (tertiary/aromatic N) is 3. The predicted octanol–water partition coefficient (Wildman–Crippen LogP) is 3.24. The lowest BCUT2D eigenvalue weighted by Gasteiger charge is -2.11. The van der Waals surface area contributed by atoms with Gasteiger partial charge in [0.15, 0.2) is 0 Å². The third-order valence-corrected chi connectivity index (χ3v) is 3.12. The van der Waals surface area contributed by atoms with Crippen molar-refractivity contribution in [1.29, 1.82) is 0 Å². The number of hydrogen-bond donors (Lipinski definition) is 2. The van der Waals surface area contributed by atoms with Crippen molar-refractivity contribution < 1.29 is 0 Å². The minimum Gasteiger partial charge on any atom is -0.370 e. The van der Waals surface area contributed by atoms with Gasteiger partial charge in [-0.05, 0) is 51.3 Å². The summed E-state index contributed by atoms with van der Waals surface area (Å²) in [6.07, 6.45) is 2.61. The average Bonchev–Trinajstić information content (AvgIpc) is 2.46. The van der Waals surface area contributed by atoms with Crippen LogP contribution in [0.25, 0.3) is 0 Å². The SMILES string of the molecule is CN(C)CCCNc1cc(Nc2ccc(Cl)cc2)ncn1. The quantitative estimate of drug-likeness (QED) is 0.769. The van der Waals surface area contributed by atoms with E-state index in [4.69, 9.17) is 11.6 Å². The van der Waals surface area contributed by atoms with Crippen molar-refractivity contribution in [3.8, 4) is 0 Å². The molecule has 0 spiro atoms. The topological polar surface area (TPSA) is 53.1 Å². The molecule has 0 aliphatic carbocycles. The van der Waals surface area contributed by atoms with E-state index >= 15 is 0 Å². The van der Waals surface area contributed by atoms with Gasteiger partial charge in [0.1, 0.15) is 18.0 Å². The molecule has 0 saturated carbocycles. The van der Waals surface area contributed by atoms with Crippen LogP contribution in [0.3, 0.4) is 0 Å². The molecule has 2 rings (SSSR count). The van der Waals surface area contributed by atoms with Gasteiger partial charge in [0, 0.05) is 23.3 Å². The Morgan fingerprint density at radius 3 is 2.52 bits per heavy atom. The maximum atomic E-state index is 5.87. The molecule has 0 unspecified atom stereocenters. The Hall–Kier alpha value is -1.85. The van der Waals surface area contributed by atoms with E-state index in [-0.39, 0.29) is 0 Å². The Morgan fingerprint density at radius 1 is 1.10 bits per heavy atom. The first kappa shape index (κ1) is 15.5. The van der Waals surface area contributed by atoms with Crippen molar-refractivity contribution in [1.82, 2.24) is 14.9 Å². The lowest BCUT2D eigenvalue weighted by atomic mass is 10.3. The van der Waals surface area contributed by atoms with E-state index in [9.17, 15) is 0 Å². The summed E-state index contributed by atoms with van der Waals surface area (Å²) >= 11 is 5.87. The van der Waals surface area contributed by atoms with Gasteiger partial charge in [-0.2, -0.15) is 0 Å². The van der Waals surface area contributed by atoms with Crippen LogP contribution in [0.2, 0.25) is 5.02 Å². The van der Waals surface area contributed by atoms with E-state index in [1.807, 2.05) is 30.3 Å². The maximum absolute atomic E-state index is 5.87. The summed E-state index contributed by atoms with van der Waals surface area (Å²) in [5.74, 6) is 1.57. The summed E-state index contributed by atoms with van der Waals surface area (Å²) < 4.78 is 0. The monoisotopic (exact) mass is 305 g/mol. The first-order valence-corrected chi connectivity index (χ1v) is 7.24. The Labute approximate surface area is 130 Å². The van der Waals surface area contributed by atoms with Crippen LogP contribution >= 0.6 is 11.6 Å². The largest absolute Gasteiger partial charge is 0.370 e. The summed E-state index contributed by atoms with van der Waals surface area (Å²) in [6, 6.07) is 9.39. The summed E-state index contributed by atoms with van der Waals surface area (Å²) in [6.45, 7) is 1.93. The molecule has 0 bridgehead atoms. The molecule has 0 radical (unpaired) electrons.